The van der Waals surface area contributed by atoms with Gasteiger partial charge in [-0.15, -0.1) is 0 Å². The van der Waals surface area contributed by atoms with Crippen LogP contribution >= 0.6 is 0 Å². The minimum Gasteiger partial charge on any atom is -0.378 e. The van der Waals surface area contributed by atoms with Crippen molar-refractivity contribution >= 4 is 0 Å². The molecule has 0 aliphatic carbocycles. The molecule has 4 heteroatoms. The lowest BCUT2D eigenvalue weighted by molar-refractivity contribution is -0.0304. The predicted molar refractivity (Wildman–Crippen MR) is 72.7 cm³/mol. The van der Waals surface area contributed by atoms with E-state index in [1.165, 1.54) is 19.3 Å². The standard InChI is InChI=1S/C14H28N2O2/c15-7-3-11-17-13-5-8-16(9-6-13)12-14-4-1-2-10-18-14/h13-14H,1-12,15H2. The van der Waals surface area contributed by atoms with Gasteiger partial charge < -0.3 is 20.1 Å². The summed E-state index contributed by atoms with van der Waals surface area (Å²) < 4.78 is 11.6. The van der Waals surface area contributed by atoms with E-state index in [1.807, 2.05) is 0 Å². The number of ether oxygens (including phenoxy) is 2. The maximum Gasteiger partial charge on any atom is 0.0702 e. The summed E-state index contributed by atoms with van der Waals surface area (Å²) in [5.41, 5.74) is 5.47. The molecule has 1 unspecified atom stereocenters. The fourth-order valence-corrected chi connectivity index (χ4v) is 2.83. The number of hydrogen-bond donors (Lipinski definition) is 1. The zero-order chi connectivity index (χ0) is 12.6. The van der Waals surface area contributed by atoms with Crippen molar-refractivity contribution < 1.29 is 9.47 Å². The van der Waals surface area contributed by atoms with E-state index in [0.717, 1.165) is 58.7 Å². The molecule has 0 aromatic rings. The van der Waals surface area contributed by atoms with Crippen molar-refractivity contribution in [3.8, 4) is 0 Å². The third kappa shape index (κ3) is 4.84. The molecule has 1 atom stereocenters. The third-order valence-electron chi connectivity index (χ3n) is 3.97. The maximum absolute atomic E-state index is 5.82. The normalized spacial score (nSPS) is 27.5. The zero-order valence-electron chi connectivity index (χ0n) is 11.5. The van der Waals surface area contributed by atoms with Crippen LogP contribution in [0.4, 0.5) is 0 Å². The number of rotatable bonds is 6. The van der Waals surface area contributed by atoms with Crippen LogP contribution in [0.3, 0.4) is 0 Å². The lowest BCUT2D eigenvalue weighted by Gasteiger charge is -2.35. The second-order valence-corrected chi connectivity index (χ2v) is 5.50. The van der Waals surface area contributed by atoms with Crippen LogP contribution < -0.4 is 5.73 Å². The molecule has 0 saturated carbocycles. The average Bonchev–Trinajstić information content (AvgIpc) is 2.42. The van der Waals surface area contributed by atoms with E-state index < -0.39 is 0 Å². The molecule has 2 rings (SSSR count). The summed E-state index contributed by atoms with van der Waals surface area (Å²) in [6, 6.07) is 0. The van der Waals surface area contributed by atoms with E-state index in [-0.39, 0.29) is 0 Å². The van der Waals surface area contributed by atoms with Gasteiger partial charge in [0, 0.05) is 32.8 Å². The molecule has 0 bridgehead atoms. The zero-order valence-corrected chi connectivity index (χ0v) is 11.5. The second-order valence-electron chi connectivity index (χ2n) is 5.50. The summed E-state index contributed by atoms with van der Waals surface area (Å²) in [4.78, 5) is 2.54. The van der Waals surface area contributed by atoms with Crippen molar-refractivity contribution in [1.82, 2.24) is 4.90 Å². The van der Waals surface area contributed by atoms with Crippen LogP contribution in [0.15, 0.2) is 0 Å². The summed E-state index contributed by atoms with van der Waals surface area (Å²) >= 11 is 0. The van der Waals surface area contributed by atoms with Gasteiger partial charge in [0.05, 0.1) is 12.2 Å². The van der Waals surface area contributed by atoms with Gasteiger partial charge in [0.25, 0.3) is 0 Å². The molecule has 0 radical (unpaired) electrons. The topological polar surface area (TPSA) is 47.7 Å². The second kappa shape index (κ2) is 8.10. The highest BCUT2D eigenvalue weighted by atomic mass is 16.5. The summed E-state index contributed by atoms with van der Waals surface area (Å²) in [5, 5.41) is 0. The molecule has 106 valence electrons. The lowest BCUT2D eigenvalue weighted by Crippen LogP contribution is -2.42. The van der Waals surface area contributed by atoms with E-state index in [2.05, 4.69) is 4.90 Å². The minimum atomic E-state index is 0.458. The Morgan fingerprint density at radius 2 is 2.00 bits per heavy atom. The van der Waals surface area contributed by atoms with Crippen molar-refractivity contribution in [2.45, 2.75) is 50.7 Å². The van der Waals surface area contributed by atoms with Crippen LogP contribution in [-0.4, -0.2) is 56.5 Å². The number of nitrogens with two attached hydrogens (primary N) is 1. The molecule has 4 nitrogen and oxygen atoms in total. The first kappa shape index (κ1) is 14.3. The number of hydrogen-bond acceptors (Lipinski definition) is 4. The highest BCUT2D eigenvalue weighted by Gasteiger charge is 2.23. The Hall–Kier alpha value is -0.160. The Balaban J connectivity index is 1.57. The van der Waals surface area contributed by atoms with E-state index in [1.54, 1.807) is 0 Å². The highest BCUT2D eigenvalue weighted by Crippen LogP contribution is 2.18. The molecule has 0 spiro atoms. The third-order valence-corrected chi connectivity index (χ3v) is 3.97. The van der Waals surface area contributed by atoms with Crippen molar-refractivity contribution in [2.24, 2.45) is 5.73 Å². The summed E-state index contributed by atoms with van der Waals surface area (Å²) in [6.07, 6.45) is 8.07. The fraction of sp³-hybridized carbons (Fsp3) is 1.00. The van der Waals surface area contributed by atoms with Crippen LogP contribution in [0.5, 0.6) is 0 Å². The highest BCUT2D eigenvalue weighted by molar-refractivity contribution is 4.76. The van der Waals surface area contributed by atoms with E-state index >= 15 is 0 Å². The van der Waals surface area contributed by atoms with Crippen molar-refractivity contribution in [2.75, 3.05) is 39.4 Å². The van der Waals surface area contributed by atoms with Crippen LogP contribution in [0, 0.1) is 0 Å². The van der Waals surface area contributed by atoms with Gasteiger partial charge in [0.1, 0.15) is 0 Å². The minimum absolute atomic E-state index is 0.458. The largest absolute Gasteiger partial charge is 0.378 e. The van der Waals surface area contributed by atoms with Gasteiger partial charge in [-0.2, -0.15) is 0 Å². The first-order valence-electron chi connectivity index (χ1n) is 7.54. The van der Waals surface area contributed by atoms with Crippen molar-refractivity contribution in [1.29, 1.82) is 0 Å². The SMILES string of the molecule is NCCCOC1CCN(CC2CCCCO2)CC1. The van der Waals surface area contributed by atoms with Crippen molar-refractivity contribution in [3.05, 3.63) is 0 Å². The Kier molecular flexibility index (Phi) is 6.41. The van der Waals surface area contributed by atoms with Crippen LogP contribution in [0.1, 0.15) is 38.5 Å². The van der Waals surface area contributed by atoms with Gasteiger partial charge >= 0.3 is 0 Å². The van der Waals surface area contributed by atoms with Gasteiger partial charge in [-0.3, -0.25) is 0 Å². The molecule has 0 aromatic heterocycles. The van der Waals surface area contributed by atoms with Crippen LogP contribution in [-0.2, 0) is 9.47 Å². The van der Waals surface area contributed by atoms with Gasteiger partial charge in [0.2, 0.25) is 0 Å². The number of piperidine rings is 1. The molecular formula is C14H28N2O2. The summed E-state index contributed by atoms with van der Waals surface area (Å²) in [7, 11) is 0. The molecule has 2 saturated heterocycles. The Morgan fingerprint density at radius 1 is 1.17 bits per heavy atom. The molecule has 2 N–H and O–H groups in total. The predicted octanol–water partition coefficient (Wildman–Crippen LogP) is 1.39. The number of nitrogens with zero attached hydrogens (tertiary/aromatic N) is 1. The average molecular weight is 256 g/mol. The quantitative estimate of drug-likeness (QED) is 0.730. The van der Waals surface area contributed by atoms with Gasteiger partial charge in [-0.25, -0.2) is 0 Å². The lowest BCUT2D eigenvalue weighted by atomic mass is 10.0. The number of likely N-dealkylation sites (tertiary alicyclic amines) is 1. The van der Waals surface area contributed by atoms with Gasteiger partial charge in [-0.05, 0) is 45.1 Å². The van der Waals surface area contributed by atoms with Gasteiger partial charge in [0.15, 0.2) is 0 Å². The van der Waals surface area contributed by atoms with Crippen LogP contribution in [0.25, 0.3) is 0 Å². The molecule has 0 aromatic carbocycles. The van der Waals surface area contributed by atoms with E-state index in [9.17, 15) is 0 Å². The first-order chi connectivity index (χ1) is 8.88. The van der Waals surface area contributed by atoms with Crippen molar-refractivity contribution in [3.63, 3.8) is 0 Å². The molecule has 2 heterocycles. The van der Waals surface area contributed by atoms with E-state index in [0.29, 0.717) is 12.2 Å². The molecule has 0 amide bonds. The Bertz CT molecular complexity index is 212. The van der Waals surface area contributed by atoms with Crippen LogP contribution in [0.2, 0.25) is 0 Å². The monoisotopic (exact) mass is 256 g/mol. The molecule has 2 aliphatic heterocycles. The van der Waals surface area contributed by atoms with Gasteiger partial charge in [-0.1, -0.05) is 0 Å². The first-order valence-corrected chi connectivity index (χ1v) is 7.54. The molecular weight excluding hydrogens is 228 g/mol. The molecule has 18 heavy (non-hydrogen) atoms. The summed E-state index contributed by atoms with van der Waals surface area (Å²) in [6.45, 7) is 5.96. The Morgan fingerprint density at radius 3 is 2.67 bits per heavy atom. The maximum atomic E-state index is 5.82. The Labute approximate surface area is 111 Å². The van der Waals surface area contributed by atoms with E-state index in [4.69, 9.17) is 15.2 Å². The summed E-state index contributed by atoms with van der Waals surface area (Å²) in [5.74, 6) is 0. The smallest absolute Gasteiger partial charge is 0.0702 e. The molecule has 2 aliphatic rings. The fourth-order valence-electron chi connectivity index (χ4n) is 2.83. The molecule has 2 fully saturated rings.